The van der Waals surface area contributed by atoms with E-state index >= 15 is 0 Å². The molecule has 0 aromatic carbocycles. The monoisotopic (exact) mass is 197 g/mol. The molecule has 1 rings (SSSR count). The molecule has 3 heteroatoms. The molecule has 1 amide bonds. The summed E-state index contributed by atoms with van der Waals surface area (Å²) < 4.78 is 0. The van der Waals surface area contributed by atoms with Crippen LogP contribution < -0.4 is 0 Å². The summed E-state index contributed by atoms with van der Waals surface area (Å²) >= 11 is 0. The van der Waals surface area contributed by atoms with Crippen LogP contribution in [0.2, 0.25) is 0 Å². The first-order chi connectivity index (χ1) is 6.59. The summed E-state index contributed by atoms with van der Waals surface area (Å²) in [5, 5.41) is 0. The fourth-order valence-electron chi connectivity index (χ4n) is 1.56. The van der Waals surface area contributed by atoms with Crippen LogP contribution in [0.25, 0.3) is 0 Å². The quantitative estimate of drug-likeness (QED) is 0.689. The van der Waals surface area contributed by atoms with Crippen molar-refractivity contribution in [1.82, 2.24) is 4.90 Å². The molecule has 0 bridgehead atoms. The molecule has 3 nitrogen and oxygen atoms in total. The number of rotatable bonds is 3. The molecule has 0 unspecified atom stereocenters. The molecule has 0 aliphatic carbocycles. The van der Waals surface area contributed by atoms with E-state index in [1.54, 1.807) is 0 Å². The number of ketones is 1. The van der Waals surface area contributed by atoms with Gasteiger partial charge in [0.1, 0.15) is 5.78 Å². The molecule has 1 fully saturated rings. The minimum absolute atomic E-state index is 0.150. The maximum absolute atomic E-state index is 11.5. The van der Waals surface area contributed by atoms with Crippen molar-refractivity contribution in [3.8, 4) is 0 Å². The number of carbonyl (C=O) groups excluding carboxylic acids is 2. The molecule has 14 heavy (non-hydrogen) atoms. The summed E-state index contributed by atoms with van der Waals surface area (Å²) in [6, 6.07) is 0. The zero-order valence-electron chi connectivity index (χ0n) is 9.08. The molecule has 0 atom stereocenters. The summed E-state index contributed by atoms with van der Waals surface area (Å²) in [6.07, 6.45) is 2.43. The van der Waals surface area contributed by atoms with E-state index in [1.165, 1.54) is 0 Å². The molecule has 0 spiro atoms. The Kier molecular flexibility index (Phi) is 4.11. The normalized spacial score (nSPS) is 18.9. The minimum atomic E-state index is 0.150. The van der Waals surface area contributed by atoms with E-state index in [0.29, 0.717) is 31.7 Å². The molecule has 0 saturated carbocycles. The fraction of sp³-hybridized carbons (Fsp3) is 0.818. The minimum Gasteiger partial charge on any atom is -0.342 e. The van der Waals surface area contributed by atoms with Gasteiger partial charge in [-0.2, -0.15) is 0 Å². The van der Waals surface area contributed by atoms with Gasteiger partial charge in [0.25, 0.3) is 0 Å². The van der Waals surface area contributed by atoms with Crippen molar-refractivity contribution < 1.29 is 9.59 Å². The van der Waals surface area contributed by atoms with Crippen molar-refractivity contribution in [2.45, 2.75) is 39.5 Å². The highest BCUT2D eigenvalue weighted by atomic mass is 16.2. The van der Waals surface area contributed by atoms with Gasteiger partial charge in [-0.1, -0.05) is 13.8 Å². The van der Waals surface area contributed by atoms with Crippen molar-refractivity contribution in [3.05, 3.63) is 0 Å². The van der Waals surface area contributed by atoms with Crippen LogP contribution in [0.3, 0.4) is 0 Å². The maximum atomic E-state index is 11.5. The van der Waals surface area contributed by atoms with Crippen LogP contribution >= 0.6 is 0 Å². The lowest BCUT2D eigenvalue weighted by Gasteiger charge is -2.20. The third kappa shape index (κ3) is 3.48. The van der Waals surface area contributed by atoms with Gasteiger partial charge in [-0.3, -0.25) is 9.59 Å². The van der Waals surface area contributed by atoms with Crippen LogP contribution in [0.15, 0.2) is 0 Å². The summed E-state index contributed by atoms with van der Waals surface area (Å²) in [7, 11) is 0. The average molecular weight is 197 g/mol. The smallest absolute Gasteiger partial charge is 0.223 e. The Balaban J connectivity index is 2.42. The van der Waals surface area contributed by atoms with Crippen LogP contribution in [0, 0.1) is 5.92 Å². The SMILES string of the molecule is CC(C)CCN1CCC(=O)CCC1=O. The van der Waals surface area contributed by atoms with Crippen LogP contribution in [0.4, 0.5) is 0 Å². The van der Waals surface area contributed by atoms with Crippen molar-refractivity contribution >= 4 is 11.7 Å². The number of hydrogen-bond donors (Lipinski definition) is 0. The number of nitrogens with zero attached hydrogens (tertiary/aromatic N) is 1. The third-order valence-electron chi connectivity index (χ3n) is 2.61. The average Bonchev–Trinajstić information content (AvgIpc) is 2.27. The Labute approximate surface area is 85.5 Å². The van der Waals surface area contributed by atoms with Crippen molar-refractivity contribution in [2.75, 3.05) is 13.1 Å². The number of hydrogen-bond acceptors (Lipinski definition) is 2. The first kappa shape index (κ1) is 11.2. The first-order valence-electron chi connectivity index (χ1n) is 5.39. The van der Waals surface area contributed by atoms with Crippen molar-refractivity contribution in [2.24, 2.45) is 5.92 Å². The maximum Gasteiger partial charge on any atom is 0.223 e. The van der Waals surface area contributed by atoms with E-state index in [9.17, 15) is 9.59 Å². The predicted octanol–water partition coefficient (Wildman–Crippen LogP) is 1.61. The number of likely N-dealkylation sites (tertiary alicyclic amines) is 1. The summed E-state index contributed by atoms with van der Waals surface area (Å²) in [6.45, 7) is 5.73. The van der Waals surface area contributed by atoms with Crippen LogP contribution in [-0.2, 0) is 9.59 Å². The summed E-state index contributed by atoms with van der Waals surface area (Å²) in [4.78, 5) is 24.5. The van der Waals surface area contributed by atoms with Crippen molar-refractivity contribution in [1.29, 1.82) is 0 Å². The summed E-state index contributed by atoms with van der Waals surface area (Å²) in [5.41, 5.74) is 0. The highest BCUT2D eigenvalue weighted by molar-refractivity contribution is 5.87. The van der Waals surface area contributed by atoms with Gasteiger partial charge in [-0.25, -0.2) is 0 Å². The zero-order valence-corrected chi connectivity index (χ0v) is 9.08. The van der Waals surface area contributed by atoms with E-state index in [-0.39, 0.29) is 11.7 Å². The van der Waals surface area contributed by atoms with Gasteiger partial charge in [0, 0.05) is 32.4 Å². The third-order valence-corrected chi connectivity index (χ3v) is 2.61. The second kappa shape index (κ2) is 5.13. The standard InChI is InChI=1S/C11H19NO2/c1-9(2)5-7-12-8-6-10(13)3-4-11(12)14/h9H,3-8H2,1-2H3. The Bertz CT molecular complexity index is 223. The molecular weight excluding hydrogens is 178 g/mol. The molecule has 80 valence electrons. The molecule has 0 aromatic heterocycles. The lowest BCUT2D eigenvalue weighted by molar-refractivity contribution is -0.131. The molecule has 1 heterocycles. The molecule has 0 aromatic rings. The number of carbonyl (C=O) groups is 2. The van der Waals surface area contributed by atoms with Crippen LogP contribution in [0.5, 0.6) is 0 Å². The van der Waals surface area contributed by atoms with Crippen molar-refractivity contribution in [3.63, 3.8) is 0 Å². The Morgan fingerprint density at radius 2 is 1.93 bits per heavy atom. The van der Waals surface area contributed by atoms with E-state index in [2.05, 4.69) is 13.8 Å². The second-order valence-electron chi connectivity index (χ2n) is 4.35. The van der Waals surface area contributed by atoms with Gasteiger partial charge >= 0.3 is 0 Å². The number of Topliss-reactive ketones (excluding diaryl/α,β-unsaturated/α-hetero) is 1. The van der Waals surface area contributed by atoms with E-state index in [0.717, 1.165) is 13.0 Å². The molecular formula is C11H19NO2. The molecule has 0 N–H and O–H groups in total. The first-order valence-corrected chi connectivity index (χ1v) is 5.39. The Hall–Kier alpha value is -0.860. The van der Waals surface area contributed by atoms with Gasteiger partial charge < -0.3 is 4.90 Å². The molecule has 1 saturated heterocycles. The Morgan fingerprint density at radius 1 is 1.21 bits per heavy atom. The molecule has 1 aliphatic heterocycles. The van der Waals surface area contributed by atoms with Gasteiger partial charge in [0.05, 0.1) is 0 Å². The number of amides is 1. The summed E-state index contributed by atoms with van der Waals surface area (Å²) in [5.74, 6) is 0.989. The Morgan fingerprint density at radius 3 is 2.57 bits per heavy atom. The van der Waals surface area contributed by atoms with Gasteiger partial charge in [-0.05, 0) is 12.3 Å². The highest BCUT2D eigenvalue weighted by Gasteiger charge is 2.19. The lowest BCUT2D eigenvalue weighted by Crippen LogP contribution is -2.31. The van der Waals surface area contributed by atoms with Gasteiger partial charge in [-0.15, -0.1) is 0 Å². The lowest BCUT2D eigenvalue weighted by atomic mass is 10.1. The van der Waals surface area contributed by atoms with Crippen LogP contribution in [-0.4, -0.2) is 29.7 Å². The second-order valence-corrected chi connectivity index (χ2v) is 4.35. The van der Waals surface area contributed by atoms with E-state index in [1.807, 2.05) is 4.90 Å². The zero-order chi connectivity index (χ0) is 10.6. The predicted molar refractivity (Wildman–Crippen MR) is 54.9 cm³/mol. The van der Waals surface area contributed by atoms with Gasteiger partial charge in [0.2, 0.25) is 5.91 Å². The fourth-order valence-corrected chi connectivity index (χ4v) is 1.56. The molecule has 0 radical (unpaired) electrons. The van der Waals surface area contributed by atoms with E-state index in [4.69, 9.17) is 0 Å². The highest BCUT2D eigenvalue weighted by Crippen LogP contribution is 2.10. The topological polar surface area (TPSA) is 37.4 Å². The van der Waals surface area contributed by atoms with Gasteiger partial charge in [0.15, 0.2) is 0 Å². The van der Waals surface area contributed by atoms with Crippen LogP contribution in [0.1, 0.15) is 39.5 Å². The molecule has 1 aliphatic rings. The largest absolute Gasteiger partial charge is 0.342 e. The van der Waals surface area contributed by atoms with E-state index < -0.39 is 0 Å².